The van der Waals surface area contributed by atoms with Crippen molar-refractivity contribution < 1.29 is 33.5 Å². The molecule has 0 bridgehead atoms. The van der Waals surface area contributed by atoms with Gasteiger partial charge in [-0.15, -0.1) is 0 Å². The lowest BCUT2D eigenvalue weighted by molar-refractivity contribution is -0.142. The van der Waals surface area contributed by atoms with Gasteiger partial charge >= 0.3 is 12.1 Å². The predicted molar refractivity (Wildman–Crippen MR) is 126 cm³/mol. The van der Waals surface area contributed by atoms with Crippen LogP contribution < -0.4 is 10.6 Å². The van der Waals surface area contributed by atoms with Gasteiger partial charge in [-0.3, -0.25) is 10.1 Å². The van der Waals surface area contributed by atoms with Crippen LogP contribution in [0.25, 0.3) is 0 Å². The van der Waals surface area contributed by atoms with Crippen LogP contribution in [0.15, 0.2) is 30.3 Å². The molecule has 0 heterocycles. The van der Waals surface area contributed by atoms with Crippen LogP contribution in [-0.4, -0.2) is 48.4 Å². The van der Waals surface area contributed by atoms with Crippen LogP contribution in [0.5, 0.6) is 0 Å². The molecule has 0 radical (unpaired) electrons. The number of ether oxygens (including phenoxy) is 2. The van der Waals surface area contributed by atoms with Crippen LogP contribution >= 0.6 is 7.80 Å². The van der Waals surface area contributed by atoms with Gasteiger partial charge in [-0.1, -0.05) is 58.0 Å². The minimum Gasteiger partial charge on any atom is -0.480 e. The molecule has 1 rings (SSSR count). The maximum atomic E-state index is 13.0. The summed E-state index contributed by atoms with van der Waals surface area (Å²) in [6.07, 6.45) is -0.0948. The van der Waals surface area contributed by atoms with E-state index in [1.807, 2.05) is 58.0 Å². The van der Waals surface area contributed by atoms with Crippen molar-refractivity contribution in [3.05, 3.63) is 35.9 Å². The van der Waals surface area contributed by atoms with Crippen molar-refractivity contribution in [2.24, 2.45) is 17.8 Å². The zero-order valence-corrected chi connectivity index (χ0v) is 21.0. The highest BCUT2D eigenvalue weighted by Gasteiger charge is 2.30. The first kappa shape index (κ1) is 28.7. The highest BCUT2D eigenvalue weighted by molar-refractivity contribution is 7.45. The zero-order valence-electron chi connectivity index (χ0n) is 20.0. The number of carboxylic acid groups (broad SMARTS) is 1. The second-order valence-electron chi connectivity index (χ2n) is 8.85. The molecule has 1 aromatic carbocycles. The summed E-state index contributed by atoms with van der Waals surface area (Å²) in [7, 11) is -1.30. The third-order valence-electron chi connectivity index (χ3n) is 4.89. The molecule has 0 fully saturated rings. The van der Waals surface area contributed by atoms with Gasteiger partial charge in [0.2, 0.25) is 5.91 Å². The summed E-state index contributed by atoms with van der Waals surface area (Å²) >= 11 is 0. The standard InChI is InChI=1S/C23H37N2O7P/c1-15(2)11-18(20(26)24-19(21(27)28)12-16(3)4)14-33(30)23(31-5)25-22(29)32-13-17-9-7-6-8-10-17/h6-10,15-16,18-19,23,33H,11-14H2,1-5H3,(H,24,26)(H,25,29)(H,27,28)/t18?,19-,23?/m0/s1. The number of hydrogen-bond donors (Lipinski definition) is 3. The molecule has 4 atom stereocenters. The van der Waals surface area contributed by atoms with Crippen LogP contribution in [-0.2, 0) is 30.2 Å². The van der Waals surface area contributed by atoms with E-state index in [1.54, 1.807) is 0 Å². The highest BCUT2D eigenvalue weighted by atomic mass is 31.1. The summed E-state index contributed by atoms with van der Waals surface area (Å²) < 4.78 is 23.3. The monoisotopic (exact) mass is 484 g/mol. The summed E-state index contributed by atoms with van der Waals surface area (Å²) in [6.45, 7) is 7.64. The lowest BCUT2D eigenvalue weighted by Gasteiger charge is -2.24. The first-order valence-corrected chi connectivity index (χ1v) is 12.8. The van der Waals surface area contributed by atoms with E-state index in [2.05, 4.69) is 10.6 Å². The minimum absolute atomic E-state index is 0.0276. The number of aliphatic carboxylic acids is 1. The molecule has 1 aromatic rings. The van der Waals surface area contributed by atoms with Crippen LogP contribution in [0.3, 0.4) is 0 Å². The van der Waals surface area contributed by atoms with Crippen LogP contribution in [0.4, 0.5) is 4.79 Å². The maximum Gasteiger partial charge on any atom is 0.409 e. The molecule has 0 spiro atoms. The minimum atomic E-state index is -2.61. The van der Waals surface area contributed by atoms with Crippen molar-refractivity contribution >= 4 is 25.8 Å². The Morgan fingerprint density at radius 3 is 2.12 bits per heavy atom. The number of carboxylic acids is 1. The van der Waals surface area contributed by atoms with Gasteiger partial charge in [0, 0.05) is 19.2 Å². The molecule has 3 unspecified atom stereocenters. The molecule has 0 saturated carbocycles. The average molecular weight is 485 g/mol. The Morgan fingerprint density at radius 2 is 1.61 bits per heavy atom. The quantitative estimate of drug-likeness (QED) is 0.271. The fraction of sp³-hybridized carbons (Fsp3) is 0.609. The number of nitrogens with one attached hydrogen (secondary N) is 2. The van der Waals surface area contributed by atoms with E-state index >= 15 is 0 Å². The van der Waals surface area contributed by atoms with Crippen LogP contribution in [0.2, 0.25) is 0 Å². The van der Waals surface area contributed by atoms with E-state index in [4.69, 9.17) is 9.47 Å². The molecule has 0 aliphatic carbocycles. The summed E-state index contributed by atoms with van der Waals surface area (Å²) in [4.78, 5) is 36.5. The van der Waals surface area contributed by atoms with Crippen molar-refractivity contribution in [3.63, 3.8) is 0 Å². The number of methoxy groups -OCH3 is 1. The number of benzene rings is 1. The molecule has 186 valence electrons. The van der Waals surface area contributed by atoms with E-state index in [0.29, 0.717) is 12.8 Å². The van der Waals surface area contributed by atoms with Crippen molar-refractivity contribution in [1.29, 1.82) is 0 Å². The Morgan fingerprint density at radius 1 is 1.00 bits per heavy atom. The number of carbonyl (C=O) groups excluding carboxylic acids is 2. The van der Waals surface area contributed by atoms with Crippen molar-refractivity contribution in [2.75, 3.05) is 13.3 Å². The summed E-state index contributed by atoms with van der Waals surface area (Å²) in [6, 6.07) is 8.10. The highest BCUT2D eigenvalue weighted by Crippen LogP contribution is 2.32. The zero-order chi connectivity index (χ0) is 25.0. The first-order valence-electron chi connectivity index (χ1n) is 11.1. The summed E-state index contributed by atoms with van der Waals surface area (Å²) in [5, 5.41) is 14.4. The molecule has 2 amide bonds. The molecule has 10 heteroatoms. The molecular weight excluding hydrogens is 447 g/mol. The van der Waals surface area contributed by atoms with E-state index in [1.165, 1.54) is 7.11 Å². The topological polar surface area (TPSA) is 131 Å². The van der Waals surface area contributed by atoms with Gasteiger partial charge in [0.05, 0.1) is 0 Å². The van der Waals surface area contributed by atoms with E-state index in [-0.39, 0.29) is 24.6 Å². The predicted octanol–water partition coefficient (Wildman–Crippen LogP) is 3.68. The number of hydrogen-bond acceptors (Lipinski definition) is 6. The van der Waals surface area contributed by atoms with Gasteiger partial charge in [-0.25, -0.2) is 9.59 Å². The smallest absolute Gasteiger partial charge is 0.409 e. The molecule has 0 aliphatic heterocycles. The SMILES string of the molecule is COC(NC(=O)OCc1ccccc1)[PH](=O)CC(CC(C)C)C(=O)N[C@@H](CC(C)C)C(=O)O. The average Bonchev–Trinajstić information content (AvgIpc) is 2.74. The van der Waals surface area contributed by atoms with E-state index < -0.39 is 43.7 Å². The fourth-order valence-corrected chi connectivity index (χ4v) is 4.92. The molecular formula is C23H37N2O7P. The fourth-order valence-electron chi connectivity index (χ4n) is 3.33. The summed E-state index contributed by atoms with van der Waals surface area (Å²) in [5.74, 6) is -3.15. The maximum absolute atomic E-state index is 13.0. The second-order valence-corrected chi connectivity index (χ2v) is 10.7. The van der Waals surface area contributed by atoms with Crippen molar-refractivity contribution in [2.45, 2.75) is 59.2 Å². The van der Waals surface area contributed by atoms with Gasteiger partial charge in [0.25, 0.3) is 0 Å². The van der Waals surface area contributed by atoms with Gasteiger partial charge < -0.3 is 24.5 Å². The Hall–Kier alpha value is -2.38. The largest absolute Gasteiger partial charge is 0.480 e. The number of rotatable bonds is 14. The lowest BCUT2D eigenvalue weighted by atomic mass is 9.96. The Labute approximate surface area is 196 Å². The Kier molecular flexibility index (Phi) is 12.8. The van der Waals surface area contributed by atoms with Gasteiger partial charge in [0.1, 0.15) is 20.4 Å². The second kappa shape index (κ2) is 14.7. The van der Waals surface area contributed by atoms with Gasteiger partial charge in [0.15, 0.2) is 5.97 Å². The van der Waals surface area contributed by atoms with Crippen molar-refractivity contribution in [3.8, 4) is 0 Å². The molecule has 3 N–H and O–H groups in total. The van der Waals surface area contributed by atoms with E-state index in [0.717, 1.165) is 5.56 Å². The number of carbonyl (C=O) groups is 3. The number of alkyl carbamates (subject to hydrolysis) is 1. The third-order valence-corrected chi connectivity index (χ3v) is 6.75. The number of amides is 2. The molecule has 0 aromatic heterocycles. The normalized spacial score (nSPS) is 14.9. The molecule has 9 nitrogen and oxygen atoms in total. The van der Waals surface area contributed by atoms with E-state index in [9.17, 15) is 24.1 Å². The molecule has 33 heavy (non-hydrogen) atoms. The lowest BCUT2D eigenvalue weighted by Crippen LogP contribution is -2.45. The molecule has 0 aliphatic rings. The Bertz CT molecular complexity index is 786. The third kappa shape index (κ3) is 11.3. The molecule has 0 saturated heterocycles. The van der Waals surface area contributed by atoms with Gasteiger partial charge in [-0.05, 0) is 30.2 Å². The summed E-state index contributed by atoms with van der Waals surface area (Å²) in [5.41, 5.74) is 0.803. The van der Waals surface area contributed by atoms with Gasteiger partial charge in [-0.2, -0.15) is 0 Å². The van der Waals surface area contributed by atoms with Crippen LogP contribution in [0.1, 0.15) is 46.1 Å². The Balaban J connectivity index is 2.76. The first-order chi connectivity index (χ1) is 15.5. The van der Waals surface area contributed by atoms with Crippen molar-refractivity contribution in [1.82, 2.24) is 10.6 Å². The van der Waals surface area contributed by atoms with Crippen LogP contribution in [0, 0.1) is 17.8 Å².